The second-order valence-corrected chi connectivity index (χ2v) is 7.59. The number of nitrogens with two attached hydrogens (primary N) is 1. The Morgan fingerprint density at radius 2 is 2.06 bits per heavy atom. The third kappa shape index (κ3) is 2.64. The molecule has 94 valence electrons. The number of hydrogen-bond donors (Lipinski definition) is 2. The summed E-state index contributed by atoms with van der Waals surface area (Å²) in [6, 6.07) is 4.71. The van der Waals surface area contributed by atoms with Gasteiger partial charge in [0.25, 0.3) is 0 Å². The summed E-state index contributed by atoms with van der Waals surface area (Å²) in [6.07, 6.45) is 0.874. The Hall–Kier alpha value is -0.590. The second-order valence-electron chi connectivity index (χ2n) is 5.06. The van der Waals surface area contributed by atoms with Gasteiger partial charge < -0.3 is 5.73 Å². The van der Waals surface area contributed by atoms with Crippen molar-refractivity contribution in [2.45, 2.75) is 31.2 Å². The van der Waals surface area contributed by atoms with Crippen LogP contribution in [0.3, 0.4) is 0 Å². The van der Waals surface area contributed by atoms with Crippen LogP contribution in [0.25, 0.3) is 0 Å². The van der Waals surface area contributed by atoms with E-state index in [4.69, 9.17) is 5.73 Å². The van der Waals surface area contributed by atoms with E-state index >= 15 is 0 Å². The average Bonchev–Trinajstić information content (AvgIpc) is 2.70. The molecule has 0 amide bonds. The number of sulfonamides is 1. The van der Waals surface area contributed by atoms with E-state index in [1.165, 1.54) is 6.07 Å². The minimum Gasteiger partial charge on any atom is -0.399 e. The van der Waals surface area contributed by atoms with Gasteiger partial charge in [-0.1, -0.05) is 13.8 Å². The maximum atomic E-state index is 12.1. The number of hydrogen-bond acceptors (Lipinski definition) is 3. The van der Waals surface area contributed by atoms with Crippen LogP contribution in [-0.2, 0) is 10.0 Å². The summed E-state index contributed by atoms with van der Waals surface area (Å²) in [5, 5.41) is 0. The largest absolute Gasteiger partial charge is 0.399 e. The Balaban J connectivity index is 2.26. The number of rotatable bonds is 3. The first-order chi connectivity index (χ1) is 7.72. The van der Waals surface area contributed by atoms with Crippen LogP contribution >= 0.6 is 15.9 Å². The molecule has 1 aliphatic carbocycles. The molecular formula is C11H15BrN2O2S. The van der Waals surface area contributed by atoms with E-state index in [2.05, 4.69) is 20.7 Å². The van der Waals surface area contributed by atoms with Gasteiger partial charge in [0.2, 0.25) is 10.0 Å². The number of nitrogens with one attached hydrogen (secondary N) is 1. The van der Waals surface area contributed by atoms with Crippen LogP contribution in [0.5, 0.6) is 0 Å². The molecule has 17 heavy (non-hydrogen) atoms. The predicted octanol–water partition coefficient (Wildman–Crippen LogP) is 2.11. The highest BCUT2D eigenvalue weighted by Gasteiger charge is 2.48. The summed E-state index contributed by atoms with van der Waals surface area (Å²) in [4.78, 5) is 0.231. The molecule has 0 spiro atoms. The molecule has 1 aromatic rings. The Bertz CT molecular complexity index is 555. The van der Waals surface area contributed by atoms with Gasteiger partial charge in [-0.2, -0.15) is 0 Å². The van der Waals surface area contributed by atoms with Crippen LogP contribution in [-0.4, -0.2) is 14.5 Å². The second kappa shape index (κ2) is 3.96. The molecule has 1 aliphatic rings. The third-order valence-electron chi connectivity index (χ3n) is 3.06. The molecule has 3 N–H and O–H groups in total. The SMILES string of the molecule is CC1(C)CC1NS(=O)(=O)c1ccc(N)cc1Br. The summed E-state index contributed by atoms with van der Waals surface area (Å²) in [6.45, 7) is 4.08. The lowest BCUT2D eigenvalue weighted by Crippen LogP contribution is -2.28. The number of benzene rings is 1. The molecule has 1 unspecified atom stereocenters. The lowest BCUT2D eigenvalue weighted by molar-refractivity contribution is 0.554. The van der Waals surface area contributed by atoms with Crippen molar-refractivity contribution >= 4 is 31.6 Å². The van der Waals surface area contributed by atoms with Crippen LogP contribution in [0.2, 0.25) is 0 Å². The summed E-state index contributed by atoms with van der Waals surface area (Å²) in [5.74, 6) is 0. The quantitative estimate of drug-likeness (QED) is 0.838. The smallest absolute Gasteiger partial charge is 0.241 e. The molecule has 1 saturated carbocycles. The van der Waals surface area contributed by atoms with E-state index in [0.717, 1.165) is 6.42 Å². The predicted molar refractivity (Wildman–Crippen MR) is 71.1 cm³/mol. The van der Waals surface area contributed by atoms with Gasteiger partial charge in [0.1, 0.15) is 0 Å². The molecule has 6 heteroatoms. The van der Waals surface area contributed by atoms with Crippen molar-refractivity contribution in [3.8, 4) is 0 Å². The number of anilines is 1. The molecule has 0 bridgehead atoms. The number of halogens is 1. The van der Waals surface area contributed by atoms with Gasteiger partial charge >= 0.3 is 0 Å². The highest BCUT2D eigenvalue weighted by Crippen LogP contribution is 2.45. The van der Waals surface area contributed by atoms with E-state index in [1.54, 1.807) is 12.1 Å². The van der Waals surface area contributed by atoms with Gasteiger partial charge in [0, 0.05) is 16.2 Å². The zero-order valence-corrected chi connectivity index (χ0v) is 12.1. The van der Waals surface area contributed by atoms with Crippen molar-refractivity contribution in [2.24, 2.45) is 5.41 Å². The maximum absolute atomic E-state index is 12.1. The van der Waals surface area contributed by atoms with Gasteiger partial charge in [0.15, 0.2) is 0 Å². The summed E-state index contributed by atoms with van der Waals surface area (Å²) < 4.78 is 27.4. The monoisotopic (exact) mass is 318 g/mol. The van der Waals surface area contributed by atoms with Gasteiger partial charge in [-0.3, -0.25) is 0 Å². The number of nitrogen functional groups attached to an aromatic ring is 1. The minimum absolute atomic E-state index is 0.0250. The summed E-state index contributed by atoms with van der Waals surface area (Å²) in [5.41, 5.74) is 6.18. The standard InChI is InChI=1S/C11H15BrN2O2S/c1-11(2)6-10(11)14-17(15,16)9-4-3-7(13)5-8(9)12/h3-5,10,14H,6,13H2,1-2H3. The maximum Gasteiger partial charge on any atom is 0.241 e. The Labute approximate surface area is 110 Å². The van der Waals surface area contributed by atoms with Crippen molar-refractivity contribution in [3.63, 3.8) is 0 Å². The van der Waals surface area contributed by atoms with E-state index in [0.29, 0.717) is 10.2 Å². The zero-order chi connectivity index (χ0) is 12.8. The molecule has 0 aliphatic heterocycles. The van der Waals surface area contributed by atoms with Gasteiger partial charge in [-0.05, 0) is 46.0 Å². The first kappa shape index (κ1) is 12.9. The van der Waals surface area contributed by atoms with Crippen LogP contribution in [0.4, 0.5) is 5.69 Å². The zero-order valence-electron chi connectivity index (χ0n) is 9.70. The average molecular weight is 319 g/mol. The highest BCUT2D eigenvalue weighted by molar-refractivity contribution is 9.10. The van der Waals surface area contributed by atoms with E-state index < -0.39 is 10.0 Å². The van der Waals surface area contributed by atoms with Crippen molar-refractivity contribution in [2.75, 3.05) is 5.73 Å². The lowest BCUT2D eigenvalue weighted by atomic mass is 10.2. The first-order valence-corrected chi connectivity index (χ1v) is 7.57. The molecule has 2 rings (SSSR count). The normalized spacial score (nSPS) is 22.4. The summed E-state index contributed by atoms with van der Waals surface area (Å²) in [7, 11) is -3.47. The van der Waals surface area contributed by atoms with Crippen molar-refractivity contribution in [1.29, 1.82) is 0 Å². The van der Waals surface area contributed by atoms with Crippen LogP contribution in [0, 0.1) is 5.41 Å². The Morgan fingerprint density at radius 3 is 2.53 bits per heavy atom. The van der Waals surface area contributed by atoms with E-state index in [9.17, 15) is 8.42 Å². The molecule has 1 aromatic carbocycles. The molecule has 1 atom stereocenters. The van der Waals surface area contributed by atoms with E-state index in [1.807, 2.05) is 13.8 Å². The molecular weight excluding hydrogens is 304 g/mol. The van der Waals surface area contributed by atoms with Gasteiger partial charge in [-0.25, -0.2) is 13.1 Å². The Morgan fingerprint density at radius 1 is 1.47 bits per heavy atom. The molecule has 4 nitrogen and oxygen atoms in total. The van der Waals surface area contributed by atoms with Crippen molar-refractivity contribution < 1.29 is 8.42 Å². The topological polar surface area (TPSA) is 72.2 Å². The van der Waals surface area contributed by atoms with Gasteiger partial charge in [0.05, 0.1) is 4.90 Å². The van der Waals surface area contributed by atoms with E-state index in [-0.39, 0.29) is 16.4 Å². The molecule has 0 saturated heterocycles. The van der Waals surface area contributed by atoms with Crippen LogP contribution in [0.15, 0.2) is 27.6 Å². The fourth-order valence-electron chi connectivity index (χ4n) is 1.65. The Kier molecular flexibility index (Phi) is 3.00. The van der Waals surface area contributed by atoms with Crippen LogP contribution in [0.1, 0.15) is 20.3 Å². The molecule has 0 heterocycles. The fraction of sp³-hybridized carbons (Fsp3) is 0.455. The minimum atomic E-state index is -3.47. The van der Waals surface area contributed by atoms with Crippen LogP contribution < -0.4 is 10.5 Å². The van der Waals surface area contributed by atoms with Gasteiger partial charge in [-0.15, -0.1) is 0 Å². The molecule has 0 aromatic heterocycles. The lowest BCUT2D eigenvalue weighted by Gasteiger charge is -2.10. The van der Waals surface area contributed by atoms with Crippen molar-refractivity contribution in [3.05, 3.63) is 22.7 Å². The third-order valence-corrected chi connectivity index (χ3v) is 5.50. The first-order valence-electron chi connectivity index (χ1n) is 5.30. The highest BCUT2D eigenvalue weighted by atomic mass is 79.9. The molecule has 1 fully saturated rings. The molecule has 0 radical (unpaired) electrons. The van der Waals surface area contributed by atoms with Crippen molar-refractivity contribution in [1.82, 2.24) is 4.72 Å². The summed E-state index contributed by atoms with van der Waals surface area (Å²) >= 11 is 3.22. The fourth-order valence-corrected chi connectivity index (χ4v) is 4.16.